The van der Waals surface area contributed by atoms with Crippen molar-refractivity contribution in [3.8, 4) is 11.5 Å². The molecule has 4 aromatic rings. The van der Waals surface area contributed by atoms with Crippen LogP contribution in [0.3, 0.4) is 0 Å². The lowest BCUT2D eigenvalue weighted by atomic mass is 9.79. The number of nitrogens with zero attached hydrogens (tertiary/aromatic N) is 1. The highest BCUT2D eigenvalue weighted by molar-refractivity contribution is 6.01. The summed E-state index contributed by atoms with van der Waals surface area (Å²) in [5.74, 6) is 0.319. The van der Waals surface area contributed by atoms with Crippen LogP contribution in [0.15, 0.2) is 72.9 Å². The number of carbonyl (C=O) groups excluding carboxylic acids is 2. The fraction of sp³-hybridized carbons (Fsp3) is 0.241. The smallest absolute Gasteiger partial charge is 0.254 e. The van der Waals surface area contributed by atoms with Crippen LogP contribution < -0.4 is 14.8 Å². The minimum atomic E-state index is -0.579. The number of benzene rings is 3. The molecule has 0 spiro atoms. The van der Waals surface area contributed by atoms with Crippen molar-refractivity contribution in [1.82, 2.24) is 15.2 Å². The van der Waals surface area contributed by atoms with Crippen LogP contribution in [-0.4, -0.2) is 49.5 Å². The molecule has 0 fully saturated rings. The van der Waals surface area contributed by atoms with Gasteiger partial charge in [-0.05, 0) is 47.4 Å². The molecule has 0 saturated heterocycles. The number of hydrogen-bond acceptors (Lipinski definition) is 4. The molecule has 36 heavy (non-hydrogen) atoms. The molecule has 7 heteroatoms. The fourth-order valence-electron chi connectivity index (χ4n) is 5.18. The highest BCUT2D eigenvalue weighted by atomic mass is 16.5. The molecule has 2 amide bonds. The van der Waals surface area contributed by atoms with Crippen LogP contribution in [0.2, 0.25) is 0 Å². The number of ether oxygens (including phenoxy) is 2. The van der Waals surface area contributed by atoms with Crippen molar-refractivity contribution in [3.63, 3.8) is 0 Å². The summed E-state index contributed by atoms with van der Waals surface area (Å²) < 4.78 is 10.9. The van der Waals surface area contributed by atoms with Gasteiger partial charge in [0.15, 0.2) is 11.5 Å². The molecule has 184 valence electrons. The van der Waals surface area contributed by atoms with E-state index in [0.29, 0.717) is 30.0 Å². The number of likely N-dealkylation sites (N-methyl/N-ethyl adjacent to an activating group) is 1. The number of carbonyl (C=O) groups is 2. The van der Waals surface area contributed by atoms with Crippen molar-refractivity contribution in [1.29, 1.82) is 0 Å². The van der Waals surface area contributed by atoms with E-state index in [0.717, 1.165) is 27.6 Å². The summed E-state index contributed by atoms with van der Waals surface area (Å²) in [5.41, 5.74) is 4.31. The number of fused-ring (bicyclic) bond motifs is 2. The molecule has 2 atom stereocenters. The molecule has 1 aliphatic heterocycles. The minimum Gasteiger partial charge on any atom is -0.493 e. The van der Waals surface area contributed by atoms with E-state index in [1.807, 2.05) is 54.7 Å². The predicted molar refractivity (Wildman–Crippen MR) is 139 cm³/mol. The number of para-hydroxylation sites is 1. The van der Waals surface area contributed by atoms with Crippen molar-refractivity contribution in [2.75, 3.05) is 27.8 Å². The van der Waals surface area contributed by atoms with E-state index in [-0.39, 0.29) is 11.8 Å². The molecule has 3 aromatic carbocycles. The highest BCUT2D eigenvalue weighted by Gasteiger charge is 2.42. The first-order chi connectivity index (χ1) is 17.5. The normalized spacial score (nSPS) is 17.1. The third kappa shape index (κ3) is 4.06. The molecule has 5 rings (SSSR count). The Morgan fingerprint density at radius 2 is 1.75 bits per heavy atom. The van der Waals surface area contributed by atoms with Crippen LogP contribution in [0, 0.1) is 0 Å². The third-order valence-corrected chi connectivity index (χ3v) is 6.98. The summed E-state index contributed by atoms with van der Waals surface area (Å²) in [7, 11) is 4.89. The van der Waals surface area contributed by atoms with Gasteiger partial charge in [-0.25, -0.2) is 0 Å². The number of rotatable bonds is 7. The Bertz CT molecular complexity index is 1430. The van der Waals surface area contributed by atoms with Gasteiger partial charge in [-0.3, -0.25) is 9.59 Å². The number of H-pyrrole nitrogens is 1. The lowest BCUT2D eigenvalue weighted by Gasteiger charge is -2.40. The Morgan fingerprint density at radius 3 is 2.56 bits per heavy atom. The molecule has 1 aliphatic rings. The summed E-state index contributed by atoms with van der Waals surface area (Å²) in [6, 6.07) is 20.5. The molecule has 0 bridgehead atoms. The topological polar surface area (TPSA) is 83.7 Å². The summed E-state index contributed by atoms with van der Waals surface area (Å²) >= 11 is 0. The first kappa shape index (κ1) is 23.5. The van der Waals surface area contributed by atoms with E-state index in [2.05, 4.69) is 16.4 Å². The molecule has 0 aliphatic carbocycles. The standard InChI is InChI=1S/C29H29N3O4/c1-32-27(18-12-13-24(35-2)25(16-18)36-3)26(21-9-4-5-10-22(21)29(32)34)28(33)30-15-14-19-17-31-23-11-7-6-8-20(19)23/h4-13,16-17,26-27,31H,14-15H2,1-3H3,(H,30,33)/t26-,27-/m1/s1. The second kappa shape index (κ2) is 9.77. The van der Waals surface area contributed by atoms with E-state index in [4.69, 9.17) is 9.47 Å². The predicted octanol–water partition coefficient (Wildman–Crippen LogP) is 4.45. The Kier molecular flexibility index (Phi) is 6.38. The van der Waals surface area contributed by atoms with E-state index < -0.39 is 12.0 Å². The zero-order valence-electron chi connectivity index (χ0n) is 20.6. The molecule has 7 nitrogen and oxygen atoms in total. The molecule has 0 saturated carbocycles. The van der Waals surface area contributed by atoms with E-state index in [1.54, 1.807) is 38.3 Å². The molecule has 0 radical (unpaired) electrons. The molecule has 2 N–H and O–H groups in total. The average Bonchev–Trinajstić information content (AvgIpc) is 3.33. The monoisotopic (exact) mass is 483 g/mol. The van der Waals surface area contributed by atoms with E-state index in [1.165, 1.54) is 0 Å². The average molecular weight is 484 g/mol. The molecular weight excluding hydrogens is 454 g/mol. The van der Waals surface area contributed by atoms with Crippen LogP contribution in [0.5, 0.6) is 11.5 Å². The first-order valence-corrected chi connectivity index (χ1v) is 11.9. The summed E-state index contributed by atoms with van der Waals surface area (Å²) in [4.78, 5) is 32.0. The van der Waals surface area contributed by atoms with Crippen LogP contribution >= 0.6 is 0 Å². The minimum absolute atomic E-state index is 0.117. The highest BCUT2D eigenvalue weighted by Crippen LogP contribution is 2.44. The Hall–Kier alpha value is -4.26. The maximum atomic E-state index is 13.8. The van der Waals surface area contributed by atoms with Crippen LogP contribution in [-0.2, 0) is 11.2 Å². The molecule has 2 heterocycles. The van der Waals surface area contributed by atoms with Gasteiger partial charge in [-0.1, -0.05) is 42.5 Å². The number of hydrogen-bond donors (Lipinski definition) is 2. The molecule has 0 unspecified atom stereocenters. The lowest BCUT2D eigenvalue weighted by Crippen LogP contribution is -2.46. The maximum absolute atomic E-state index is 13.8. The quantitative estimate of drug-likeness (QED) is 0.407. The SMILES string of the molecule is COc1ccc([C@@H]2[C@H](C(=O)NCCc3c[nH]c4ccccc34)c3ccccc3C(=O)N2C)cc1OC. The van der Waals surface area contributed by atoms with Crippen LogP contribution in [0.1, 0.15) is 39.0 Å². The zero-order chi connectivity index (χ0) is 25.2. The van der Waals surface area contributed by atoms with Gasteiger partial charge in [0.05, 0.1) is 26.2 Å². The summed E-state index contributed by atoms with van der Waals surface area (Å²) in [5, 5.41) is 4.29. The van der Waals surface area contributed by atoms with Crippen molar-refractivity contribution in [2.45, 2.75) is 18.4 Å². The molecule has 1 aromatic heterocycles. The lowest BCUT2D eigenvalue weighted by molar-refractivity contribution is -0.124. The van der Waals surface area contributed by atoms with Gasteiger partial charge in [0, 0.05) is 36.3 Å². The summed E-state index contributed by atoms with van der Waals surface area (Å²) in [6.07, 6.45) is 2.69. The van der Waals surface area contributed by atoms with Gasteiger partial charge in [0.2, 0.25) is 5.91 Å². The second-order valence-electron chi connectivity index (χ2n) is 8.94. The third-order valence-electron chi connectivity index (χ3n) is 6.98. The number of nitrogens with one attached hydrogen (secondary N) is 2. The molecular formula is C29H29N3O4. The second-order valence-corrected chi connectivity index (χ2v) is 8.94. The van der Waals surface area contributed by atoms with E-state index >= 15 is 0 Å². The Balaban J connectivity index is 1.46. The van der Waals surface area contributed by atoms with Crippen molar-refractivity contribution in [3.05, 3.63) is 95.2 Å². The van der Waals surface area contributed by atoms with Crippen LogP contribution in [0.4, 0.5) is 0 Å². The van der Waals surface area contributed by atoms with Crippen molar-refractivity contribution < 1.29 is 19.1 Å². The fourth-order valence-corrected chi connectivity index (χ4v) is 5.18. The van der Waals surface area contributed by atoms with Gasteiger partial charge in [0.1, 0.15) is 0 Å². The van der Waals surface area contributed by atoms with Gasteiger partial charge >= 0.3 is 0 Å². The van der Waals surface area contributed by atoms with Gasteiger partial charge in [-0.2, -0.15) is 0 Å². The number of aromatic nitrogens is 1. The van der Waals surface area contributed by atoms with Crippen molar-refractivity contribution >= 4 is 22.7 Å². The van der Waals surface area contributed by atoms with Gasteiger partial charge in [-0.15, -0.1) is 0 Å². The van der Waals surface area contributed by atoms with E-state index in [9.17, 15) is 9.59 Å². The van der Waals surface area contributed by atoms with Crippen molar-refractivity contribution in [2.24, 2.45) is 0 Å². The van der Waals surface area contributed by atoms with Gasteiger partial charge in [0.25, 0.3) is 5.91 Å². The number of methoxy groups -OCH3 is 2. The number of aromatic amines is 1. The summed E-state index contributed by atoms with van der Waals surface area (Å²) in [6.45, 7) is 0.482. The zero-order valence-corrected chi connectivity index (χ0v) is 20.6. The van der Waals surface area contributed by atoms with Gasteiger partial charge < -0.3 is 24.7 Å². The Morgan fingerprint density at radius 1 is 1.00 bits per heavy atom. The Labute approximate surface area is 210 Å². The van der Waals surface area contributed by atoms with Crippen LogP contribution in [0.25, 0.3) is 10.9 Å². The first-order valence-electron chi connectivity index (χ1n) is 11.9. The number of amides is 2. The maximum Gasteiger partial charge on any atom is 0.254 e. The largest absolute Gasteiger partial charge is 0.493 e.